The zero-order chi connectivity index (χ0) is 23.3. The number of halogens is 1. The molecule has 0 spiro atoms. The van der Waals surface area contributed by atoms with Crippen molar-refractivity contribution in [1.82, 2.24) is 25.8 Å². The normalized spacial score (nSPS) is 12.3. The molecule has 0 radical (unpaired) electrons. The Bertz CT molecular complexity index is 1090. The molecule has 2 aromatic heterocycles. The highest BCUT2D eigenvalue weighted by Crippen LogP contribution is 2.20. The van der Waals surface area contributed by atoms with Crippen molar-refractivity contribution in [3.05, 3.63) is 65.7 Å². The van der Waals surface area contributed by atoms with Crippen LogP contribution in [0, 0.1) is 5.82 Å². The lowest BCUT2D eigenvalue weighted by Crippen LogP contribution is -2.56. The monoisotopic (exact) mass is 438 g/mol. The molecule has 1 atom stereocenters. The minimum Gasteiger partial charge on any atom is -0.336 e. The SMILES string of the molecule is CC(=O)Cc1cc(C(=O)NC(Nc2cc(-c3ccc(F)cc3)[nH]n2)NC(C)(C)C)ccn1. The summed E-state index contributed by atoms with van der Waals surface area (Å²) in [4.78, 5) is 28.4. The lowest BCUT2D eigenvalue weighted by Gasteiger charge is -2.29. The van der Waals surface area contributed by atoms with Gasteiger partial charge in [-0.2, -0.15) is 5.10 Å². The van der Waals surface area contributed by atoms with Crippen LogP contribution in [0.25, 0.3) is 11.3 Å². The van der Waals surface area contributed by atoms with Gasteiger partial charge in [-0.15, -0.1) is 0 Å². The Labute approximate surface area is 186 Å². The van der Waals surface area contributed by atoms with Crippen LogP contribution < -0.4 is 16.0 Å². The first-order chi connectivity index (χ1) is 15.1. The number of nitrogens with one attached hydrogen (secondary N) is 4. The minimum atomic E-state index is -0.642. The lowest BCUT2D eigenvalue weighted by molar-refractivity contribution is -0.116. The van der Waals surface area contributed by atoms with Crippen molar-refractivity contribution in [2.45, 2.75) is 45.9 Å². The largest absolute Gasteiger partial charge is 0.336 e. The number of H-pyrrole nitrogens is 1. The van der Waals surface area contributed by atoms with Crippen molar-refractivity contribution in [2.24, 2.45) is 0 Å². The van der Waals surface area contributed by atoms with Crippen molar-refractivity contribution in [3.63, 3.8) is 0 Å². The average molecular weight is 439 g/mol. The van der Waals surface area contributed by atoms with E-state index in [-0.39, 0.29) is 29.5 Å². The van der Waals surface area contributed by atoms with Gasteiger partial charge in [0, 0.05) is 35.5 Å². The van der Waals surface area contributed by atoms with E-state index in [0.717, 1.165) is 5.56 Å². The molecule has 1 unspecified atom stereocenters. The molecule has 0 saturated carbocycles. The molecule has 8 nitrogen and oxygen atoms in total. The van der Waals surface area contributed by atoms with Crippen LogP contribution in [-0.4, -0.2) is 38.7 Å². The minimum absolute atomic E-state index is 0.0282. The average Bonchev–Trinajstić information content (AvgIpc) is 3.15. The van der Waals surface area contributed by atoms with Gasteiger partial charge in [0.25, 0.3) is 5.91 Å². The van der Waals surface area contributed by atoms with Crippen LogP contribution in [0.5, 0.6) is 0 Å². The first-order valence-corrected chi connectivity index (χ1v) is 10.2. The van der Waals surface area contributed by atoms with E-state index in [1.165, 1.54) is 25.3 Å². The number of anilines is 1. The third kappa shape index (κ3) is 6.71. The molecule has 0 saturated heterocycles. The molecule has 0 aliphatic heterocycles. The lowest BCUT2D eigenvalue weighted by atomic mass is 10.1. The summed E-state index contributed by atoms with van der Waals surface area (Å²) in [6.07, 6.45) is 1.04. The number of ketones is 1. The maximum atomic E-state index is 13.2. The fourth-order valence-electron chi connectivity index (χ4n) is 3.05. The molecular weight excluding hydrogens is 411 g/mol. The van der Waals surface area contributed by atoms with Crippen LogP contribution in [0.1, 0.15) is 43.7 Å². The predicted octanol–water partition coefficient (Wildman–Crippen LogP) is 3.26. The Balaban J connectivity index is 1.75. The molecule has 1 aromatic carbocycles. The smallest absolute Gasteiger partial charge is 0.254 e. The molecule has 0 aliphatic carbocycles. The van der Waals surface area contributed by atoms with Gasteiger partial charge < -0.3 is 10.6 Å². The maximum absolute atomic E-state index is 13.2. The van der Waals surface area contributed by atoms with Crippen molar-refractivity contribution in [2.75, 3.05) is 5.32 Å². The fraction of sp³-hybridized carbons (Fsp3) is 0.304. The molecule has 4 N–H and O–H groups in total. The zero-order valence-corrected chi connectivity index (χ0v) is 18.5. The number of Topliss-reactive ketones (excluding diaryl/α,β-unsaturated/α-hetero) is 1. The number of carbonyl (C=O) groups excluding carboxylic acids is 2. The number of nitrogens with zero attached hydrogens (tertiary/aromatic N) is 2. The Kier molecular flexibility index (Phi) is 6.99. The van der Waals surface area contributed by atoms with Gasteiger partial charge in [0.2, 0.25) is 0 Å². The molecule has 2 heterocycles. The van der Waals surface area contributed by atoms with Crippen molar-refractivity contribution in [1.29, 1.82) is 0 Å². The second kappa shape index (κ2) is 9.69. The number of hydrogen-bond donors (Lipinski definition) is 4. The van der Waals surface area contributed by atoms with Gasteiger partial charge in [-0.25, -0.2) is 4.39 Å². The molecule has 1 amide bonds. The van der Waals surface area contributed by atoms with Crippen LogP contribution in [0.3, 0.4) is 0 Å². The number of hydrogen-bond acceptors (Lipinski definition) is 6. The Morgan fingerprint density at radius 1 is 1.12 bits per heavy atom. The van der Waals surface area contributed by atoms with Gasteiger partial charge in [-0.3, -0.25) is 25.0 Å². The highest BCUT2D eigenvalue weighted by atomic mass is 19.1. The van der Waals surface area contributed by atoms with Crippen LogP contribution in [-0.2, 0) is 11.2 Å². The van der Waals surface area contributed by atoms with Gasteiger partial charge in [0.1, 0.15) is 11.6 Å². The van der Waals surface area contributed by atoms with Gasteiger partial charge >= 0.3 is 0 Å². The van der Waals surface area contributed by atoms with Gasteiger partial charge in [0.05, 0.1) is 5.69 Å². The van der Waals surface area contributed by atoms with Gasteiger partial charge in [-0.1, -0.05) is 0 Å². The van der Waals surface area contributed by atoms with E-state index in [9.17, 15) is 14.0 Å². The molecular formula is C23H27FN6O2. The topological polar surface area (TPSA) is 112 Å². The summed E-state index contributed by atoms with van der Waals surface area (Å²) in [6, 6.07) is 11.0. The van der Waals surface area contributed by atoms with Crippen LogP contribution in [0.2, 0.25) is 0 Å². The maximum Gasteiger partial charge on any atom is 0.254 e. The van der Waals surface area contributed by atoms with Crippen LogP contribution in [0.4, 0.5) is 10.2 Å². The quantitative estimate of drug-likeness (QED) is 0.402. The zero-order valence-electron chi connectivity index (χ0n) is 18.5. The van der Waals surface area contributed by atoms with Gasteiger partial charge in [-0.05, 0) is 69.7 Å². The highest BCUT2D eigenvalue weighted by Gasteiger charge is 2.21. The van der Waals surface area contributed by atoms with Gasteiger partial charge in [0.15, 0.2) is 12.1 Å². The molecule has 3 rings (SSSR count). The highest BCUT2D eigenvalue weighted by molar-refractivity contribution is 5.94. The summed E-state index contributed by atoms with van der Waals surface area (Å²) >= 11 is 0. The number of benzene rings is 1. The Hall–Kier alpha value is -3.59. The van der Waals surface area contributed by atoms with Crippen molar-refractivity contribution in [3.8, 4) is 11.3 Å². The van der Waals surface area contributed by atoms with Crippen molar-refractivity contribution >= 4 is 17.5 Å². The Morgan fingerprint density at radius 3 is 2.50 bits per heavy atom. The molecule has 168 valence electrons. The van der Waals surface area contributed by atoms with E-state index < -0.39 is 6.29 Å². The van der Waals surface area contributed by atoms with E-state index in [4.69, 9.17) is 0 Å². The molecule has 32 heavy (non-hydrogen) atoms. The number of pyridine rings is 1. The number of aromatic amines is 1. The van der Waals surface area contributed by atoms with E-state index in [2.05, 4.69) is 31.1 Å². The second-order valence-corrected chi connectivity index (χ2v) is 8.53. The standard InChI is InChI=1S/C23H27FN6O2/c1-14(31)11-18-12-16(9-10-25-18)21(32)27-22(28-23(2,3)4)26-20-13-19(29-30-20)15-5-7-17(24)8-6-15/h5-10,12-13,22,28H,11H2,1-4H3,(H,27,32)(H2,26,29,30). The summed E-state index contributed by atoms with van der Waals surface area (Å²) in [5.41, 5.74) is 2.10. The first kappa shape index (κ1) is 23.1. The van der Waals surface area contributed by atoms with Crippen LogP contribution >= 0.6 is 0 Å². The summed E-state index contributed by atoms with van der Waals surface area (Å²) in [5, 5.41) is 16.5. The number of rotatable bonds is 8. The molecule has 0 fully saturated rings. The molecule has 0 aliphatic rings. The molecule has 9 heteroatoms. The summed E-state index contributed by atoms with van der Waals surface area (Å²) in [6.45, 7) is 7.39. The van der Waals surface area contributed by atoms with E-state index in [0.29, 0.717) is 22.8 Å². The second-order valence-electron chi connectivity index (χ2n) is 8.53. The van der Waals surface area contributed by atoms with Crippen molar-refractivity contribution < 1.29 is 14.0 Å². The molecule has 0 bridgehead atoms. The van der Waals surface area contributed by atoms with E-state index in [1.807, 2.05) is 20.8 Å². The van der Waals surface area contributed by atoms with Crippen LogP contribution in [0.15, 0.2) is 48.7 Å². The first-order valence-electron chi connectivity index (χ1n) is 10.2. The third-order valence-corrected chi connectivity index (χ3v) is 4.39. The van der Waals surface area contributed by atoms with E-state index in [1.54, 1.807) is 30.3 Å². The predicted molar refractivity (Wildman–Crippen MR) is 120 cm³/mol. The summed E-state index contributed by atoms with van der Waals surface area (Å²) in [7, 11) is 0. The molecule has 3 aromatic rings. The number of aromatic nitrogens is 3. The third-order valence-electron chi connectivity index (χ3n) is 4.39. The number of carbonyl (C=O) groups is 2. The summed E-state index contributed by atoms with van der Waals surface area (Å²) in [5.74, 6) is -0.176. The van der Waals surface area contributed by atoms with E-state index >= 15 is 0 Å². The summed E-state index contributed by atoms with van der Waals surface area (Å²) < 4.78 is 13.2. The fourth-order valence-corrected chi connectivity index (χ4v) is 3.05. The number of amides is 1. The Morgan fingerprint density at radius 2 is 1.84 bits per heavy atom.